The van der Waals surface area contributed by atoms with Crippen molar-refractivity contribution in [2.24, 2.45) is 0 Å². The van der Waals surface area contributed by atoms with E-state index in [4.69, 9.17) is 11.6 Å². The van der Waals surface area contributed by atoms with Crippen molar-refractivity contribution in [2.75, 3.05) is 31.1 Å². The number of nitrogens with zero attached hydrogens (tertiary/aromatic N) is 2. The van der Waals surface area contributed by atoms with E-state index in [0.717, 1.165) is 47.3 Å². The molecule has 0 spiro atoms. The maximum absolute atomic E-state index is 12.3. The van der Waals surface area contributed by atoms with Crippen molar-refractivity contribution in [3.05, 3.63) is 51.2 Å². The predicted molar refractivity (Wildman–Crippen MR) is 93.0 cm³/mol. The van der Waals surface area contributed by atoms with Crippen molar-refractivity contribution in [3.63, 3.8) is 0 Å². The maximum atomic E-state index is 12.3. The Morgan fingerprint density at radius 1 is 1.23 bits per heavy atom. The molecule has 1 aliphatic rings. The van der Waals surface area contributed by atoms with Gasteiger partial charge in [-0.2, -0.15) is 0 Å². The predicted octanol–water partition coefficient (Wildman–Crippen LogP) is 3.60. The average molecular weight is 335 g/mol. The summed E-state index contributed by atoms with van der Waals surface area (Å²) in [6.45, 7) is 5.27. The maximum Gasteiger partial charge on any atom is 0.227 e. The van der Waals surface area contributed by atoms with E-state index in [1.807, 2.05) is 41.5 Å². The molecular formula is C17H19ClN2OS. The Morgan fingerprint density at radius 3 is 2.64 bits per heavy atom. The smallest absolute Gasteiger partial charge is 0.227 e. The molecule has 0 radical (unpaired) electrons. The van der Waals surface area contributed by atoms with E-state index in [-0.39, 0.29) is 5.91 Å². The van der Waals surface area contributed by atoms with Crippen molar-refractivity contribution in [1.82, 2.24) is 4.90 Å². The van der Waals surface area contributed by atoms with E-state index in [0.29, 0.717) is 6.42 Å². The van der Waals surface area contributed by atoms with E-state index >= 15 is 0 Å². The first-order valence-corrected chi connectivity index (χ1v) is 8.70. The summed E-state index contributed by atoms with van der Waals surface area (Å²) in [5.41, 5.74) is 2.23. The lowest BCUT2D eigenvalue weighted by Gasteiger charge is -2.36. The van der Waals surface area contributed by atoms with Crippen LogP contribution in [0, 0.1) is 6.92 Å². The van der Waals surface area contributed by atoms with Gasteiger partial charge in [0.2, 0.25) is 5.91 Å². The minimum atomic E-state index is 0.226. The first kappa shape index (κ1) is 15.4. The van der Waals surface area contributed by atoms with Gasteiger partial charge in [-0.1, -0.05) is 23.7 Å². The standard InChI is InChI=1S/C17H19ClN2OS/c1-13-4-5-14(11-16(13)18)19-6-8-20(9-7-19)17(21)12-15-3-2-10-22-15/h2-5,10-11H,6-9,12H2,1H3. The molecule has 0 N–H and O–H groups in total. The Balaban J connectivity index is 1.57. The van der Waals surface area contributed by atoms with Crippen molar-refractivity contribution < 1.29 is 4.79 Å². The van der Waals surface area contributed by atoms with Crippen LogP contribution in [0.5, 0.6) is 0 Å². The number of piperazine rings is 1. The summed E-state index contributed by atoms with van der Waals surface area (Å²) >= 11 is 7.84. The molecule has 0 bridgehead atoms. The number of hydrogen-bond donors (Lipinski definition) is 0. The second-order valence-corrected chi connectivity index (χ2v) is 7.00. The van der Waals surface area contributed by atoms with Crippen LogP contribution in [0.1, 0.15) is 10.4 Å². The number of anilines is 1. The fourth-order valence-corrected chi connectivity index (χ4v) is 3.54. The third-order valence-electron chi connectivity index (χ3n) is 4.06. The lowest BCUT2D eigenvalue weighted by atomic mass is 10.2. The minimum Gasteiger partial charge on any atom is -0.368 e. The number of hydrogen-bond acceptors (Lipinski definition) is 3. The molecule has 0 atom stereocenters. The van der Waals surface area contributed by atoms with Gasteiger partial charge in [0.25, 0.3) is 0 Å². The van der Waals surface area contributed by atoms with Crippen LogP contribution in [0.15, 0.2) is 35.7 Å². The number of carbonyl (C=O) groups is 1. The molecule has 22 heavy (non-hydrogen) atoms. The number of halogens is 1. The van der Waals surface area contributed by atoms with E-state index < -0.39 is 0 Å². The zero-order chi connectivity index (χ0) is 15.5. The van der Waals surface area contributed by atoms with Gasteiger partial charge < -0.3 is 9.80 Å². The summed E-state index contributed by atoms with van der Waals surface area (Å²) < 4.78 is 0. The molecule has 2 heterocycles. The number of carbonyl (C=O) groups excluding carboxylic acids is 1. The van der Waals surface area contributed by atoms with Gasteiger partial charge >= 0.3 is 0 Å². The van der Waals surface area contributed by atoms with E-state index in [1.54, 1.807) is 11.3 Å². The van der Waals surface area contributed by atoms with Crippen molar-refractivity contribution in [3.8, 4) is 0 Å². The molecule has 3 nitrogen and oxygen atoms in total. The highest BCUT2D eigenvalue weighted by molar-refractivity contribution is 7.10. The lowest BCUT2D eigenvalue weighted by molar-refractivity contribution is -0.130. The van der Waals surface area contributed by atoms with Crippen LogP contribution in [-0.4, -0.2) is 37.0 Å². The van der Waals surface area contributed by atoms with Gasteiger partial charge in [-0.25, -0.2) is 0 Å². The largest absolute Gasteiger partial charge is 0.368 e. The van der Waals surface area contributed by atoms with Crippen molar-refractivity contribution in [1.29, 1.82) is 0 Å². The first-order valence-electron chi connectivity index (χ1n) is 7.45. The molecule has 0 aliphatic carbocycles. The molecule has 1 aromatic heterocycles. The Morgan fingerprint density at radius 2 is 2.00 bits per heavy atom. The SMILES string of the molecule is Cc1ccc(N2CCN(C(=O)Cc3cccs3)CC2)cc1Cl. The second kappa shape index (κ2) is 6.71. The van der Waals surface area contributed by atoms with Crippen LogP contribution in [-0.2, 0) is 11.2 Å². The zero-order valence-corrected chi connectivity index (χ0v) is 14.2. The molecule has 1 amide bonds. The second-order valence-electron chi connectivity index (χ2n) is 5.56. The van der Waals surface area contributed by atoms with Crippen LogP contribution in [0.2, 0.25) is 5.02 Å². The third kappa shape index (κ3) is 3.45. The van der Waals surface area contributed by atoms with Gasteiger partial charge in [0, 0.05) is 41.8 Å². The molecule has 1 fully saturated rings. The quantitative estimate of drug-likeness (QED) is 0.856. The monoisotopic (exact) mass is 334 g/mol. The molecule has 1 saturated heterocycles. The number of aryl methyl sites for hydroxylation is 1. The molecule has 2 aromatic rings. The highest BCUT2D eigenvalue weighted by Gasteiger charge is 2.21. The van der Waals surface area contributed by atoms with Gasteiger partial charge in [-0.3, -0.25) is 4.79 Å². The van der Waals surface area contributed by atoms with E-state index in [1.165, 1.54) is 0 Å². The Hall–Kier alpha value is -1.52. The molecule has 1 aromatic carbocycles. The van der Waals surface area contributed by atoms with Crippen molar-refractivity contribution in [2.45, 2.75) is 13.3 Å². The molecule has 116 valence electrons. The number of benzene rings is 1. The molecule has 3 rings (SSSR count). The summed E-state index contributed by atoms with van der Waals surface area (Å²) in [4.78, 5) is 17.7. The van der Waals surface area contributed by atoms with Crippen LogP contribution in [0.4, 0.5) is 5.69 Å². The average Bonchev–Trinajstić information content (AvgIpc) is 3.03. The molecule has 0 saturated carbocycles. The Labute approximate surface area is 140 Å². The fraction of sp³-hybridized carbons (Fsp3) is 0.353. The molecule has 0 unspecified atom stereocenters. The number of amides is 1. The first-order chi connectivity index (χ1) is 10.6. The highest BCUT2D eigenvalue weighted by Crippen LogP contribution is 2.24. The molecular weight excluding hydrogens is 316 g/mol. The van der Waals surface area contributed by atoms with Crippen LogP contribution in [0.3, 0.4) is 0 Å². The fourth-order valence-electron chi connectivity index (χ4n) is 2.67. The summed E-state index contributed by atoms with van der Waals surface area (Å²) in [5, 5.41) is 2.82. The highest BCUT2D eigenvalue weighted by atomic mass is 35.5. The van der Waals surface area contributed by atoms with Crippen LogP contribution in [0.25, 0.3) is 0 Å². The normalized spacial score (nSPS) is 15.2. The molecule has 1 aliphatic heterocycles. The third-order valence-corrected chi connectivity index (χ3v) is 5.34. The topological polar surface area (TPSA) is 23.6 Å². The van der Waals surface area contributed by atoms with Gasteiger partial charge in [0.1, 0.15) is 0 Å². The zero-order valence-electron chi connectivity index (χ0n) is 12.6. The van der Waals surface area contributed by atoms with Gasteiger partial charge in [-0.15, -0.1) is 11.3 Å². The summed E-state index contributed by atoms with van der Waals surface area (Å²) in [6.07, 6.45) is 0.522. The number of rotatable bonds is 3. The van der Waals surface area contributed by atoms with E-state index in [2.05, 4.69) is 11.0 Å². The molecule has 5 heteroatoms. The Kier molecular flexibility index (Phi) is 4.69. The van der Waals surface area contributed by atoms with Gasteiger partial charge in [-0.05, 0) is 36.1 Å². The van der Waals surface area contributed by atoms with Crippen LogP contribution >= 0.6 is 22.9 Å². The van der Waals surface area contributed by atoms with Gasteiger partial charge in [0.05, 0.1) is 6.42 Å². The summed E-state index contributed by atoms with van der Waals surface area (Å²) in [6, 6.07) is 10.2. The van der Waals surface area contributed by atoms with Crippen molar-refractivity contribution >= 4 is 34.5 Å². The lowest BCUT2D eigenvalue weighted by Crippen LogP contribution is -2.49. The van der Waals surface area contributed by atoms with E-state index in [9.17, 15) is 4.79 Å². The minimum absolute atomic E-state index is 0.226. The van der Waals surface area contributed by atoms with Gasteiger partial charge in [0.15, 0.2) is 0 Å². The Bertz CT molecular complexity index is 649. The number of thiophene rings is 1. The van der Waals surface area contributed by atoms with Crippen LogP contribution < -0.4 is 4.90 Å². The summed E-state index contributed by atoms with van der Waals surface area (Å²) in [5.74, 6) is 0.226. The summed E-state index contributed by atoms with van der Waals surface area (Å²) in [7, 11) is 0.